The predicted octanol–water partition coefficient (Wildman–Crippen LogP) is 3.13. The zero-order valence-corrected chi connectivity index (χ0v) is 8.16. The Kier molecular flexibility index (Phi) is 6.74. The first-order valence-corrected chi connectivity index (χ1v) is 4.54. The molecule has 1 heteroatoms. The average molecular weight is 201 g/mol. The molecule has 0 radical (unpaired) electrons. The van der Waals surface area contributed by atoms with E-state index in [-0.39, 0.29) is 0 Å². The van der Waals surface area contributed by atoms with Crippen LogP contribution in [0.2, 0.25) is 0 Å². The van der Waals surface area contributed by atoms with Gasteiger partial charge >= 0.3 is 0 Å². The van der Waals surface area contributed by atoms with E-state index in [1.54, 1.807) is 0 Å². The molecule has 0 amide bonds. The molecule has 0 saturated carbocycles. The van der Waals surface area contributed by atoms with E-state index in [9.17, 15) is 0 Å². The Morgan fingerprint density at radius 1 is 1.60 bits per heavy atom. The maximum Gasteiger partial charge on any atom is 0.0214 e. The standard InChI is InChI=1S/C9H13Br/c1-3-4-5-6-9(2)7-8-10/h7H,5-6,8H2,1-2H3/b9-7+. The molecule has 0 unspecified atom stereocenters. The summed E-state index contributed by atoms with van der Waals surface area (Å²) in [6.07, 6.45) is 4.27. The number of allylic oxidation sites excluding steroid dienone is 2. The summed E-state index contributed by atoms with van der Waals surface area (Å²) in [4.78, 5) is 0. The van der Waals surface area contributed by atoms with Crippen molar-refractivity contribution in [1.82, 2.24) is 0 Å². The molecule has 0 atom stereocenters. The number of alkyl halides is 1. The third-order valence-electron chi connectivity index (χ3n) is 1.25. The summed E-state index contributed by atoms with van der Waals surface area (Å²) in [5, 5.41) is 0.957. The normalized spacial score (nSPS) is 10.5. The van der Waals surface area contributed by atoms with Crippen LogP contribution >= 0.6 is 15.9 Å². The molecule has 56 valence electrons. The summed E-state index contributed by atoms with van der Waals surface area (Å²) in [5.41, 5.74) is 1.42. The smallest absolute Gasteiger partial charge is 0.0214 e. The summed E-state index contributed by atoms with van der Waals surface area (Å²) in [5.74, 6) is 5.91. The first kappa shape index (κ1) is 9.78. The fourth-order valence-electron chi connectivity index (χ4n) is 0.618. The molecule has 0 aromatic rings. The third kappa shape index (κ3) is 5.91. The Balaban J connectivity index is 3.45. The van der Waals surface area contributed by atoms with E-state index < -0.39 is 0 Å². The minimum atomic E-state index is 0.957. The van der Waals surface area contributed by atoms with Crippen molar-refractivity contribution in [2.45, 2.75) is 26.7 Å². The van der Waals surface area contributed by atoms with Crippen LogP contribution in [0.25, 0.3) is 0 Å². The van der Waals surface area contributed by atoms with Crippen molar-refractivity contribution >= 4 is 15.9 Å². The lowest BCUT2D eigenvalue weighted by Crippen LogP contribution is -1.76. The molecule has 0 aliphatic heterocycles. The quantitative estimate of drug-likeness (QED) is 0.374. The summed E-state index contributed by atoms with van der Waals surface area (Å²) in [7, 11) is 0. The van der Waals surface area contributed by atoms with Crippen LogP contribution in [0.1, 0.15) is 26.7 Å². The average Bonchev–Trinajstić information content (AvgIpc) is 1.89. The van der Waals surface area contributed by atoms with Crippen LogP contribution < -0.4 is 0 Å². The van der Waals surface area contributed by atoms with E-state index in [1.807, 2.05) is 6.92 Å². The lowest BCUT2D eigenvalue weighted by molar-refractivity contribution is 0.998. The second kappa shape index (κ2) is 6.89. The number of hydrogen-bond acceptors (Lipinski definition) is 0. The third-order valence-corrected chi connectivity index (χ3v) is 1.57. The summed E-state index contributed by atoms with van der Waals surface area (Å²) >= 11 is 3.35. The molecule has 10 heavy (non-hydrogen) atoms. The maximum atomic E-state index is 3.35. The van der Waals surface area contributed by atoms with Crippen molar-refractivity contribution in [3.8, 4) is 11.8 Å². The van der Waals surface area contributed by atoms with Crippen LogP contribution in [0.5, 0.6) is 0 Å². The zero-order chi connectivity index (χ0) is 7.82. The molecule has 0 aliphatic rings. The second-order valence-electron chi connectivity index (χ2n) is 2.13. The van der Waals surface area contributed by atoms with Gasteiger partial charge < -0.3 is 0 Å². The Hall–Kier alpha value is -0.220. The van der Waals surface area contributed by atoms with Crippen LogP contribution in [-0.2, 0) is 0 Å². The van der Waals surface area contributed by atoms with E-state index in [2.05, 4.69) is 40.8 Å². The number of rotatable bonds is 3. The minimum absolute atomic E-state index is 0.957. The Morgan fingerprint density at radius 2 is 2.30 bits per heavy atom. The van der Waals surface area contributed by atoms with Gasteiger partial charge in [0.05, 0.1) is 0 Å². The first-order valence-electron chi connectivity index (χ1n) is 3.42. The molecule has 0 rings (SSSR count). The Morgan fingerprint density at radius 3 is 2.80 bits per heavy atom. The first-order chi connectivity index (χ1) is 4.81. The lowest BCUT2D eigenvalue weighted by Gasteiger charge is -1.93. The van der Waals surface area contributed by atoms with E-state index >= 15 is 0 Å². The molecule has 0 bridgehead atoms. The fraction of sp³-hybridized carbons (Fsp3) is 0.556. The van der Waals surface area contributed by atoms with Crippen LogP contribution in [-0.4, -0.2) is 5.33 Å². The molecule has 0 aliphatic carbocycles. The summed E-state index contributed by atoms with van der Waals surface area (Å²) in [6.45, 7) is 4.02. The zero-order valence-electron chi connectivity index (χ0n) is 6.58. The van der Waals surface area contributed by atoms with Gasteiger partial charge in [-0.05, 0) is 20.3 Å². The van der Waals surface area contributed by atoms with Gasteiger partial charge in [0.25, 0.3) is 0 Å². The van der Waals surface area contributed by atoms with E-state index in [4.69, 9.17) is 0 Å². The lowest BCUT2D eigenvalue weighted by atomic mass is 10.1. The number of hydrogen-bond donors (Lipinski definition) is 0. The van der Waals surface area contributed by atoms with Gasteiger partial charge in [0, 0.05) is 11.8 Å². The molecule has 0 N–H and O–H groups in total. The molecule has 0 aromatic heterocycles. The highest BCUT2D eigenvalue weighted by atomic mass is 79.9. The molecule has 0 aromatic carbocycles. The number of halogens is 1. The van der Waals surface area contributed by atoms with Gasteiger partial charge in [-0.15, -0.1) is 11.8 Å². The van der Waals surface area contributed by atoms with E-state index in [1.165, 1.54) is 5.57 Å². The van der Waals surface area contributed by atoms with Crippen molar-refractivity contribution in [3.63, 3.8) is 0 Å². The molecule has 0 heterocycles. The predicted molar refractivity (Wildman–Crippen MR) is 50.2 cm³/mol. The van der Waals surface area contributed by atoms with Crippen molar-refractivity contribution < 1.29 is 0 Å². The molecule has 0 spiro atoms. The van der Waals surface area contributed by atoms with Gasteiger partial charge in [-0.3, -0.25) is 0 Å². The van der Waals surface area contributed by atoms with Gasteiger partial charge in [0.15, 0.2) is 0 Å². The van der Waals surface area contributed by atoms with Crippen molar-refractivity contribution in [1.29, 1.82) is 0 Å². The SMILES string of the molecule is CC#CCC/C(C)=C/CBr. The van der Waals surface area contributed by atoms with Crippen LogP contribution in [0.4, 0.5) is 0 Å². The van der Waals surface area contributed by atoms with Gasteiger partial charge in [-0.1, -0.05) is 27.6 Å². The van der Waals surface area contributed by atoms with Gasteiger partial charge in [-0.25, -0.2) is 0 Å². The van der Waals surface area contributed by atoms with Gasteiger partial charge in [0.1, 0.15) is 0 Å². The van der Waals surface area contributed by atoms with E-state index in [0.717, 1.165) is 18.2 Å². The second-order valence-corrected chi connectivity index (χ2v) is 2.78. The summed E-state index contributed by atoms with van der Waals surface area (Å²) < 4.78 is 0. The molecule has 0 nitrogen and oxygen atoms in total. The van der Waals surface area contributed by atoms with Crippen LogP contribution in [0, 0.1) is 11.8 Å². The van der Waals surface area contributed by atoms with Crippen LogP contribution in [0.3, 0.4) is 0 Å². The summed E-state index contributed by atoms with van der Waals surface area (Å²) in [6, 6.07) is 0. The minimum Gasteiger partial charge on any atom is -0.107 e. The van der Waals surface area contributed by atoms with Gasteiger partial charge in [0.2, 0.25) is 0 Å². The van der Waals surface area contributed by atoms with Crippen LogP contribution in [0.15, 0.2) is 11.6 Å². The molecular weight excluding hydrogens is 188 g/mol. The maximum absolute atomic E-state index is 3.35. The molecule has 0 saturated heterocycles. The van der Waals surface area contributed by atoms with Crippen molar-refractivity contribution in [2.24, 2.45) is 0 Å². The fourth-order valence-corrected chi connectivity index (χ4v) is 1.17. The Labute approximate surface area is 71.8 Å². The molecule has 0 fully saturated rings. The molecular formula is C9H13Br. The highest BCUT2D eigenvalue weighted by molar-refractivity contribution is 9.09. The highest BCUT2D eigenvalue weighted by Gasteiger charge is 1.84. The van der Waals surface area contributed by atoms with Gasteiger partial charge in [-0.2, -0.15) is 0 Å². The van der Waals surface area contributed by atoms with Crippen molar-refractivity contribution in [3.05, 3.63) is 11.6 Å². The Bertz CT molecular complexity index is 157. The van der Waals surface area contributed by atoms with E-state index in [0.29, 0.717) is 0 Å². The largest absolute Gasteiger partial charge is 0.107 e. The topological polar surface area (TPSA) is 0 Å². The monoisotopic (exact) mass is 200 g/mol. The highest BCUT2D eigenvalue weighted by Crippen LogP contribution is 2.03. The van der Waals surface area contributed by atoms with Crippen molar-refractivity contribution in [2.75, 3.05) is 5.33 Å².